The molecule has 3 aromatic rings. The number of thiophene rings is 1. The quantitative estimate of drug-likeness (QED) is 0.332. The van der Waals surface area contributed by atoms with E-state index in [1.165, 1.54) is 77.9 Å². The lowest BCUT2D eigenvalue weighted by atomic mass is 10.0. The summed E-state index contributed by atoms with van der Waals surface area (Å²) >= 11 is 5.65. The maximum Gasteiger partial charge on any atom is 0.239 e. The number of nitrogens with zero attached hydrogens (tertiary/aromatic N) is 1. The zero-order valence-corrected chi connectivity index (χ0v) is 22.5. The standard InChI is InChI=1S/C32H28NS3/c1-3-11-24(12-4-1)31-23-25(27-15-7-8-16-28(27)35-31)13-5-6-14-26-17-18-29(34-26)30-19-20-32(36-30)33-21-9-2-10-22-33/h1,3-8,11-20,23H,2,9-10,21-22H2/q+1/b6-5+,25-13+,26-14-,30-29-. The highest BCUT2D eigenvalue weighted by Crippen LogP contribution is 2.44. The fourth-order valence-electron chi connectivity index (χ4n) is 4.67. The number of rotatable bonds is 3. The van der Waals surface area contributed by atoms with Crippen molar-refractivity contribution >= 4 is 61.4 Å². The van der Waals surface area contributed by atoms with Crippen molar-refractivity contribution in [3.63, 3.8) is 0 Å². The normalized spacial score (nSPS) is 20.9. The molecule has 0 radical (unpaired) electrons. The maximum absolute atomic E-state index is 2.55. The number of piperidine rings is 1. The summed E-state index contributed by atoms with van der Waals surface area (Å²) in [6.45, 7) is 2.41. The van der Waals surface area contributed by atoms with Crippen molar-refractivity contribution in [1.29, 1.82) is 0 Å². The molecule has 6 rings (SSSR count). The zero-order chi connectivity index (χ0) is 24.2. The van der Waals surface area contributed by atoms with Crippen LogP contribution < -0.4 is 9.06 Å². The van der Waals surface area contributed by atoms with E-state index in [4.69, 9.17) is 0 Å². The second-order valence-corrected chi connectivity index (χ2v) is 12.3. The Morgan fingerprint density at radius 2 is 1.53 bits per heavy atom. The predicted molar refractivity (Wildman–Crippen MR) is 161 cm³/mol. The average Bonchev–Trinajstić information content (AvgIpc) is 3.62. The number of hydrogen-bond donors (Lipinski definition) is 0. The topological polar surface area (TPSA) is 3.01 Å². The summed E-state index contributed by atoms with van der Waals surface area (Å²) in [6, 6.07) is 23.8. The van der Waals surface area contributed by atoms with Crippen molar-refractivity contribution in [1.82, 2.24) is 0 Å². The second-order valence-electron chi connectivity index (χ2n) is 9.03. The van der Waals surface area contributed by atoms with E-state index in [0.29, 0.717) is 0 Å². The van der Waals surface area contributed by atoms with E-state index in [-0.39, 0.29) is 0 Å². The van der Waals surface area contributed by atoms with Gasteiger partial charge in [0.05, 0.1) is 0 Å². The van der Waals surface area contributed by atoms with Crippen LogP contribution >= 0.6 is 34.9 Å². The van der Waals surface area contributed by atoms with E-state index in [2.05, 4.69) is 114 Å². The maximum atomic E-state index is 2.55. The van der Waals surface area contributed by atoms with Crippen LogP contribution in [0.2, 0.25) is 0 Å². The van der Waals surface area contributed by atoms with Gasteiger partial charge in [-0.15, -0.1) is 11.3 Å². The third-order valence-electron chi connectivity index (χ3n) is 6.54. The van der Waals surface area contributed by atoms with E-state index in [1.807, 2.05) is 34.9 Å². The molecule has 0 aliphatic carbocycles. The van der Waals surface area contributed by atoms with E-state index in [9.17, 15) is 0 Å². The molecule has 4 heteroatoms. The first-order valence-electron chi connectivity index (χ1n) is 12.5. The summed E-state index contributed by atoms with van der Waals surface area (Å²) < 4.78 is 5.19. The monoisotopic (exact) mass is 522 g/mol. The first-order valence-corrected chi connectivity index (χ1v) is 15.0. The van der Waals surface area contributed by atoms with Gasteiger partial charge in [0.2, 0.25) is 5.04 Å². The van der Waals surface area contributed by atoms with Crippen LogP contribution in [0.15, 0.2) is 108 Å². The lowest BCUT2D eigenvalue weighted by molar-refractivity contribution is -0.534. The highest BCUT2D eigenvalue weighted by atomic mass is 32.2. The lowest BCUT2D eigenvalue weighted by Crippen LogP contribution is -2.23. The van der Waals surface area contributed by atoms with Gasteiger partial charge in [0.25, 0.3) is 0 Å². The van der Waals surface area contributed by atoms with Crippen molar-refractivity contribution < 1.29 is 4.58 Å². The molecule has 2 aromatic carbocycles. The smallest absolute Gasteiger partial charge is 0.224 e. The van der Waals surface area contributed by atoms with Crippen LogP contribution in [0, 0.1) is 0 Å². The molecule has 3 aliphatic heterocycles. The minimum atomic E-state index is 1.20. The Labute approximate surface area is 225 Å². The van der Waals surface area contributed by atoms with Gasteiger partial charge in [0.1, 0.15) is 13.1 Å². The third kappa shape index (κ3) is 5.31. The fraction of sp³-hybridized carbons (Fsp3) is 0.156. The molecule has 0 atom stereocenters. The fourth-order valence-corrected chi connectivity index (χ4v) is 7.86. The van der Waals surface area contributed by atoms with Crippen LogP contribution in [0.5, 0.6) is 0 Å². The van der Waals surface area contributed by atoms with Crippen molar-refractivity contribution in [3.8, 4) is 0 Å². The molecule has 0 amide bonds. The SMILES string of the molecule is C1=C/C(=c2\cc/c(=C/C=C/C=C3\C=C(c4ccccc4)Sc4ccccc43)s2)SC1=[N+]1CCCCC1. The second kappa shape index (κ2) is 11.1. The van der Waals surface area contributed by atoms with Gasteiger partial charge in [0, 0.05) is 42.7 Å². The van der Waals surface area contributed by atoms with E-state index in [1.54, 1.807) is 0 Å². The summed E-state index contributed by atoms with van der Waals surface area (Å²) in [5.41, 5.74) is 3.82. The van der Waals surface area contributed by atoms with Gasteiger partial charge >= 0.3 is 0 Å². The molecular formula is C32H28NS3+. The van der Waals surface area contributed by atoms with Crippen LogP contribution in [0.4, 0.5) is 0 Å². The number of thioether (sulfide) groups is 2. The van der Waals surface area contributed by atoms with E-state index in [0.717, 1.165) is 0 Å². The number of hydrogen-bond acceptors (Lipinski definition) is 3. The molecule has 0 saturated carbocycles. The Hall–Kier alpha value is -2.79. The molecule has 0 bridgehead atoms. The van der Waals surface area contributed by atoms with Gasteiger partial charge in [-0.25, -0.2) is 4.58 Å². The van der Waals surface area contributed by atoms with Gasteiger partial charge in [0.15, 0.2) is 0 Å². The van der Waals surface area contributed by atoms with E-state index < -0.39 is 0 Å². The summed E-state index contributed by atoms with van der Waals surface area (Å²) in [5, 5.41) is 1.42. The Kier molecular flexibility index (Phi) is 7.26. The molecule has 3 aliphatic rings. The highest BCUT2D eigenvalue weighted by molar-refractivity contribution is 8.22. The lowest BCUT2D eigenvalue weighted by Gasteiger charge is -2.18. The van der Waals surface area contributed by atoms with Crippen LogP contribution in [-0.2, 0) is 0 Å². The minimum absolute atomic E-state index is 1.20. The van der Waals surface area contributed by atoms with Crippen molar-refractivity contribution in [3.05, 3.63) is 123 Å². The van der Waals surface area contributed by atoms with Crippen LogP contribution in [0.1, 0.15) is 30.4 Å². The molecule has 1 aromatic heterocycles. The number of benzene rings is 2. The van der Waals surface area contributed by atoms with Gasteiger partial charge in [-0.3, -0.25) is 0 Å². The summed E-state index contributed by atoms with van der Waals surface area (Å²) in [4.78, 5) is 3.98. The number of fused-ring (bicyclic) bond motifs is 1. The molecule has 178 valence electrons. The van der Waals surface area contributed by atoms with Crippen molar-refractivity contribution in [2.45, 2.75) is 24.2 Å². The first-order chi connectivity index (χ1) is 17.8. The van der Waals surface area contributed by atoms with Gasteiger partial charge in [-0.2, -0.15) is 0 Å². The minimum Gasteiger partial charge on any atom is -0.224 e. The molecule has 1 fully saturated rings. The molecule has 1 saturated heterocycles. The molecule has 0 spiro atoms. The first kappa shape index (κ1) is 23.6. The Bertz CT molecular complexity index is 1540. The predicted octanol–water partition coefficient (Wildman–Crippen LogP) is 7.32. The number of allylic oxidation sites excluding steroid dienone is 5. The Balaban J connectivity index is 1.24. The zero-order valence-electron chi connectivity index (χ0n) is 20.1. The highest BCUT2D eigenvalue weighted by Gasteiger charge is 2.21. The molecule has 1 nitrogen and oxygen atoms in total. The molecular weight excluding hydrogens is 495 g/mol. The Morgan fingerprint density at radius 3 is 2.42 bits per heavy atom. The van der Waals surface area contributed by atoms with Gasteiger partial charge < -0.3 is 0 Å². The van der Waals surface area contributed by atoms with Gasteiger partial charge in [-0.1, -0.05) is 78.5 Å². The molecule has 0 unspecified atom stereocenters. The molecule has 4 heterocycles. The van der Waals surface area contributed by atoms with Crippen molar-refractivity contribution in [2.75, 3.05) is 13.1 Å². The summed E-state index contributed by atoms with van der Waals surface area (Å²) in [7, 11) is 0. The molecule has 36 heavy (non-hydrogen) atoms. The Morgan fingerprint density at radius 1 is 0.722 bits per heavy atom. The van der Waals surface area contributed by atoms with Crippen LogP contribution in [0.3, 0.4) is 0 Å². The van der Waals surface area contributed by atoms with Crippen LogP contribution in [-0.4, -0.2) is 22.7 Å². The van der Waals surface area contributed by atoms with E-state index >= 15 is 0 Å². The molecule has 0 N–H and O–H groups in total. The average molecular weight is 523 g/mol. The van der Waals surface area contributed by atoms with Gasteiger partial charge in [-0.05, 0) is 71.3 Å². The summed E-state index contributed by atoms with van der Waals surface area (Å²) in [5.74, 6) is 0. The van der Waals surface area contributed by atoms with Crippen LogP contribution in [0.25, 0.3) is 21.5 Å². The van der Waals surface area contributed by atoms with Crippen molar-refractivity contribution in [2.24, 2.45) is 0 Å². The third-order valence-corrected chi connectivity index (χ3v) is 10.1. The largest absolute Gasteiger partial charge is 0.239 e. The summed E-state index contributed by atoms with van der Waals surface area (Å²) in [6.07, 6.45) is 19.7.